The predicted octanol–water partition coefficient (Wildman–Crippen LogP) is 1.43. The molecule has 0 saturated carbocycles. The maximum Gasteiger partial charge on any atom is 0.169 e. The van der Waals surface area contributed by atoms with Crippen LogP contribution in [0.2, 0.25) is 0 Å². The van der Waals surface area contributed by atoms with E-state index in [4.69, 9.17) is 0 Å². The molecule has 1 aromatic heterocycles. The minimum absolute atomic E-state index is 0.151. The number of nitrogens with one attached hydrogen (secondary N) is 1. The number of quaternary nitrogens is 1. The average molecular weight is 297 g/mol. The predicted molar refractivity (Wildman–Crippen MR) is 85.3 cm³/mol. The summed E-state index contributed by atoms with van der Waals surface area (Å²) >= 11 is 0. The molecule has 1 aliphatic heterocycles. The third-order valence-corrected chi connectivity index (χ3v) is 4.39. The molecule has 2 N–H and O–H groups in total. The molecule has 1 saturated heterocycles. The Labute approximate surface area is 130 Å². The van der Waals surface area contributed by atoms with Gasteiger partial charge in [0, 0.05) is 7.05 Å². The van der Waals surface area contributed by atoms with Crippen LogP contribution in [-0.4, -0.2) is 34.3 Å². The zero-order valence-corrected chi connectivity index (χ0v) is 12.8. The Morgan fingerprint density at radius 3 is 2.73 bits per heavy atom. The lowest BCUT2D eigenvalue weighted by atomic mass is 10.1. The second-order valence-electron chi connectivity index (χ2n) is 5.90. The van der Waals surface area contributed by atoms with Gasteiger partial charge in [0.2, 0.25) is 0 Å². The summed E-state index contributed by atoms with van der Waals surface area (Å²) in [5.74, 6) is 0.690. The van der Waals surface area contributed by atoms with Gasteiger partial charge in [-0.05, 0) is 31.4 Å². The first-order valence-electron chi connectivity index (χ1n) is 7.78. The molecule has 0 radical (unpaired) electrons. The van der Waals surface area contributed by atoms with Gasteiger partial charge in [-0.2, -0.15) is 5.26 Å². The number of hydrogen-bond acceptors (Lipinski definition) is 3. The lowest BCUT2D eigenvalue weighted by molar-refractivity contribution is -0.901. The Bertz CT molecular complexity index is 748. The highest BCUT2D eigenvalue weighted by Gasteiger charge is 2.21. The number of likely N-dealkylation sites (tertiary alicyclic amines) is 1. The Kier molecular flexibility index (Phi) is 4.12. The summed E-state index contributed by atoms with van der Waals surface area (Å²) in [6.07, 6.45) is 3.65. The van der Waals surface area contributed by atoms with Gasteiger partial charge in [-0.1, -0.05) is 12.1 Å². The molecule has 0 unspecified atom stereocenters. The van der Waals surface area contributed by atoms with E-state index in [0.717, 1.165) is 24.1 Å². The lowest BCUT2D eigenvalue weighted by Gasteiger charge is -2.23. The van der Waals surface area contributed by atoms with Crippen LogP contribution in [0.5, 0.6) is 0 Å². The first-order chi connectivity index (χ1) is 10.7. The minimum Gasteiger partial charge on any atom is -0.506 e. The van der Waals surface area contributed by atoms with E-state index in [1.54, 1.807) is 0 Å². The van der Waals surface area contributed by atoms with Gasteiger partial charge in [0.15, 0.2) is 11.6 Å². The van der Waals surface area contributed by atoms with Gasteiger partial charge in [0.25, 0.3) is 0 Å². The second kappa shape index (κ2) is 6.20. The summed E-state index contributed by atoms with van der Waals surface area (Å²) in [5, 5.41) is 19.9. The van der Waals surface area contributed by atoms with E-state index in [9.17, 15) is 10.4 Å². The van der Waals surface area contributed by atoms with Crippen LogP contribution < -0.4 is 4.90 Å². The molecular weight excluding hydrogens is 276 g/mol. The number of nitrogens with zero attached hydrogens (tertiary/aromatic N) is 3. The van der Waals surface area contributed by atoms with Gasteiger partial charge in [0.05, 0.1) is 24.1 Å². The molecule has 2 heterocycles. The highest BCUT2D eigenvalue weighted by Crippen LogP contribution is 2.21. The normalized spacial score (nSPS) is 17.3. The number of aliphatic hydroxyl groups excluding tert-OH is 1. The summed E-state index contributed by atoms with van der Waals surface area (Å²) in [4.78, 5) is 5.85. The van der Waals surface area contributed by atoms with Crippen LogP contribution in [0.1, 0.15) is 25.1 Å². The van der Waals surface area contributed by atoms with Crippen molar-refractivity contribution in [1.29, 1.82) is 5.26 Å². The van der Waals surface area contributed by atoms with Crippen LogP contribution in [0.3, 0.4) is 0 Å². The molecule has 0 amide bonds. The number of aryl methyl sites for hydroxylation is 1. The van der Waals surface area contributed by atoms with E-state index in [0.29, 0.717) is 12.4 Å². The molecule has 1 fully saturated rings. The quantitative estimate of drug-likeness (QED) is 0.665. The molecule has 3 rings (SSSR count). The Hall–Kier alpha value is -2.32. The van der Waals surface area contributed by atoms with Crippen molar-refractivity contribution >= 4 is 16.6 Å². The molecule has 1 aliphatic rings. The number of piperidine rings is 1. The fourth-order valence-corrected chi connectivity index (χ4v) is 3.17. The van der Waals surface area contributed by atoms with Crippen LogP contribution in [0, 0.1) is 11.3 Å². The van der Waals surface area contributed by atoms with E-state index in [2.05, 4.69) is 11.1 Å². The van der Waals surface area contributed by atoms with Crippen molar-refractivity contribution in [1.82, 2.24) is 9.55 Å². The molecule has 5 nitrogen and oxygen atoms in total. The highest BCUT2D eigenvalue weighted by atomic mass is 16.3. The number of imidazole rings is 1. The van der Waals surface area contributed by atoms with Gasteiger partial charge in [-0.15, -0.1) is 0 Å². The molecule has 0 atom stereocenters. The molecule has 0 bridgehead atoms. The van der Waals surface area contributed by atoms with Crippen LogP contribution >= 0.6 is 0 Å². The smallest absolute Gasteiger partial charge is 0.169 e. The van der Waals surface area contributed by atoms with Gasteiger partial charge in [-0.25, -0.2) is 4.98 Å². The van der Waals surface area contributed by atoms with Gasteiger partial charge in [0.1, 0.15) is 18.2 Å². The Morgan fingerprint density at radius 1 is 1.32 bits per heavy atom. The number of rotatable bonds is 3. The van der Waals surface area contributed by atoms with E-state index in [1.165, 1.54) is 24.2 Å². The Balaban J connectivity index is 1.96. The van der Waals surface area contributed by atoms with Gasteiger partial charge >= 0.3 is 0 Å². The summed E-state index contributed by atoms with van der Waals surface area (Å²) < 4.78 is 1.87. The zero-order valence-electron chi connectivity index (χ0n) is 12.8. The van der Waals surface area contributed by atoms with Crippen molar-refractivity contribution in [2.45, 2.75) is 19.3 Å². The van der Waals surface area contributed by atoms with Crippen LogP contribution in [0.15, 0.2) is 30.0 Å². The number of aromatic nitrogens is 2. The number of fused-ring (bicyclic) bond motifs is 1. The fourth-order valence-electron chi connectivity index (χ4n) is 3.17. The third kappa shape index (κ3) is 2.70. The standard InChI is InChI=1S/C17H20N4O/c1-20-15-8-4-3-7-14(15)19-17(20)13(11-18)16(22)12-21-9-5-2-6-10-21/h3-4,7-8,22H,2,5-6,9-10,12H2,1H3/p+1/b16-13-. The van der Waals surface area contributed by atoms with Crippen molar-refractivity contribution in [2.75, 3.05) is 19.6 Å². The number of benzene rings is 1. The number of para-hydroxylation sites is 2. The maximum atomic E-state index is 10.4. The van der Waals surface area contributed by atoms with E-state index < -0.39 is 0 Å². The molecule has 114 valence electrons. The molecule has 5 heteroatoms. The molecular formula is C17H21N4O+. The topological polar surface area (TPSA) is 66.3 Å². The molecule has 2 aromatic rings. The number of aliphatic hydroxyl groups is 1. The van der Waals surface area contributed by atoms with Crippen molar-refractivity contribution < 1.29 is 10.0 Å². The number of allylic oxidation sites excluding steroid dienone is 1. The highest BCUT2D eigenvalue weighted by molar-refractivity contribution is 5.83. The van der Waals surface area contributed by atoms with Gasteiger partial charge < -0.3 is 14.6 Å². The Morgan fingerprint density at radius 2 is 2.05 bits per heavy atom. The lowest BCUT2D eigenvalue weighted by Crippen LogP contribution is -3.13. The second-order valence-corrected chi connectivity index (χ2v) is 5.90. The molecule has 22 heavy (non-hydrogen) atoms. The van der Waals surface area contributed by atoms with Crippen LogP contribution in [0.4, 0.5) is 0 Å². The summed E-state index contributed by atoms with van der Waals surface area (Å²) in [6.45, 7) is 2.63. The minimum atomic E-state index is 0.151. The molecule has 1 aromatic carbocycles. The van der Waals surface area contributed by atoms with Crippen molar-refractivity contribution in [3.63, 3.8) is 0 Å². The van der Waals surface area contributed by atoms with Crippen LogP contribution in [0.25, 0.3) is 16.6 Å². The van der Waals surface area contributed by atoms with E-state index in [-0.39, 0.29) is 11.3 Å². The first-order valence-corrected chi connectivity index (χ1v) is 7.78. The summed E-state index contributed by atoms with van der Waals surface area (Å²) in [5.41, 5.74) is 2.09. The van der Waals surface area contributed by atoms with E-state index >= 15 is 0 Å². The number of nitriles is 1. The van der Waals surface area contributed by atoms with Crippen molar-refractivity contribution in [2.24, 2.45) is 7.05 Å². The largest absolute Gasteiger partial charge is 0.506 e. The summed E-state index contributed by atoms with van der Waals surface area (Å²) in [7, 11) is 1.88. The summed E-state index contributed by atoms with van der Waals surface area (Å²) in [6, 6.07) is 9.89. The average Bonchev–Trinajstić information content (AvgIpc) is 2.87. The SMILES string of the molecule is Cn1c(/C(C#N)=C(\O)C[NH+]2CCCCC2)nc2ccccc21. The number of hydrogen-bond donors (Lipinski definition) is 2. The zero-order chi connectivity index (χ0) is 15.5. The van der Waals surface area contributed by atoms with Crippen molar-refractivity contribution in [3.8, 4) is 6.07 Å². The molecule has 0 spiro atoms. The third-order valence-electron chi connectivity index (χ3n) is 4.39. The van der Waals surface area contributed by atoms with Gasteiger partial charge in [-0.3, -0.25) is 0 Å². The maximum absolute atomic E-state index is 10.4. The fraction of sp³-hybridized carbons (Fsp3) is 0.412. The van der Waals surface area contributed by atoms with Crippen LogP contribution in [-0.2, 0) is 7.05 Å². The first kappa shape index (κ1) is 14.6. The van der Waals surface area contributed by atoms with Crippen molar-refractivity contribution in [3.05, 3.63) is 35.8 Å². The molecule has 0 aliphatic carbocycles. The monoisotopic (exact) mass is 297 g/mol. The van der Waals surface area contributed by atoms with E-state index in [1.807, 2.05) is 35.9 Å².